The lowest BCUT2D eigenvalue weighted by Gasteiger charge is -2.17. The summed E-state index contributed by atoms with van der Waals surface area (Å²) in [5.74, 6) is -0.477. The Balaban J connectivity index is 0.000000243. The van der Waals surface area contributed by atoms with E-state index in [1.165, 1.54) is 13.8 Å². The van der Waals surface area contributed by atoms with Crippen molar-refractivity contribution in [3.63, 3.8) is 0 Å². The third-order valence-corrected chi connectivity index (χ3v) is 4.35. The number of nitro groups is 1. The average molecular weight is 344 g/mol. The third kappa shape index (κ3) is 5.74. The van der Waals surface area contributed by atoms with Crippen LogP contribution in [0.15, 0.2) is 0 Å². The van der Waals surface area contributed by atoms with E-state index >= 15 is 0 Å². The molecule has 2 saturated heterocycles. The maximum atomic E-state index is 11.2. The Labute approximate surface area is 142 Å². The standard InChI is InChI=1S/C8H13NO4.C8H15NO2/c1-8(2,9(11)12)5-6-3-4-13-7(6)10;1-8(2)5-6(3-4-10)7(11)9-8/h6H,3-5H2,1-2H3;6,10H,3-5H2,1-2H3,(H,9,11)/t2*6-/m00/s1. The van der Waals surface area contributed by atoms with Gasteiger partial charge >= 0.3 is 5.97 Å². The van der Waals surface area contributed by atoms with Gasteiger partial charge in [0.2, 0.25) is 11.4 Å². The summed E-state index contributed by atoms with van der Waals surface area (Å²) in [5, 5.41) is 22.1. The van der Waals surface area contributed by atoms with E-state index in [0.29, 0.717) is 19.4 Å². The lowest BCUT2D eigenvalue weighted by molar-refractivity contribution is -0.562. The zero-order valence-electron chi connectivity index (χ0n) is 14.8. The molecule has 0 radical (unpaired) electrons. The first kappa shape index (κ1) is 20.3. The number of hydrogen-bond acceptors (Lipinski definition) is 6. The molecule has 2 fully saturated rings. The van der Waals surface area contributed by atoms with Crippen molar-refractivity contribution in [1.82, 2.24) is 5.32 Å². The summed E-state index contributed by atoms with van der Waals surface area (Å²) in [7, 11) is 0. The van der Waals surface area contributed by atoms with Gasteiger partial charge in [0.15, 0.2) is 0 Å². The maximum Gasteiger partial charge on any atom is 0.309 e. The number of hydrogen-bond donors (Lipinski definition) is 2. The number of amides is 1. The number of carbonyl (C=O) groups is 2. The predicted molar refractivity (Wildman–Crippen MR) is 86.8 cm³/mol. The van der Waals surface area contributed by atoms with Crippen LogP contribution in [0, 0.1) is 22.0 Å². The van der Waals surface area contributed by atoms with Gasteiger partial charge in [-0.25, -0.2) is 0 Å². The SMILES string of the molecule is CC(C)(C[C@@H]1CCOC1=O)[N+](=O)[O-].CC1(C)C[C@H](CCO)C(=O)N1. The second kappa shape index (κ2) is 7.92. The average Bonchev–Trinajstić information content (AvgIpc) is 2.94. The summed E-state index contributed by atoms with van der Waals surface area (Å²) in [6, 6.07) is 0. The number of cyclic esters (lactones) is 1. The zero-order valence-corrected chi connectivity index (χ0v) is 14.8. The number of esters is 1. The van der Waals surface area contributed by atoms with Crippen LogP contribution in [0.5, 0.6) is 0 Å². The summed E-state index contributed by atoms with van der Waals surface area (Å²) in [6.07, 6.45) is 2.30. The molecule has 2 heterocycles. The smallest absolute Gasteiger partial charge is 0.309 e. The molecule has 0 aliphatic carbocycles. The maximum absolute atomic E-state index is 11.2. The molecule has 0 spiro atoms. The second-order valence-corrected chi connectivity index (χ2v) is 7.71. The minimum absolute atomic E-state index is 0.0231. The largest absolute Gasteiger partial charge is 0.465 e. The number of carbonyl (C=O) groups excluding carboxylic acids is 2. The Morgan fingerprint density at radius 2 is 2.00 bits per heavy atom. The Morgan fingerprint density at radius 1 is 1.38 bits per heavy atom. The van der Waals surface area contributed by atoms with E-state index in [-0.39, 0.29) is 47.2 Å². The fourth-order valence-electron chi connectivity index (χ4n) is 2.98. The Kier molecular flexibility index (Phi) is 6.71. The lowest BCUT2D eigenvalue weighted by atomic mass is 9.90. The highest BCUT2D eigenvalue weighted by Gasteiger charge is 2.39. The highest BCUT2D eigenvalue weighted by molar-refractivity contribution is 5.81. The third-order valence-electron chi connectivity index (χ3n) is 4.35. The minimum Gasteiger partial charge on any atom is -0.465 e. The van der Waals surface area contributed by atoms with Crippen LogP contribution in [-0.2, 0) is 14.3 Å². The van der Waals surface area contributed by atoms with E-state index in [2.05, 4.69) is 5.32 Å². The molecule has 138 valence electrons. The van der Waals surface area contributed by atoms with E-state index in [9.17, 15) is 19.7 Å². The molecule has 0 aromatic rings. The van der Waals surface area contributed by atoms with Crippen LogP contribution in [-0.4, -0.2) is 46.2 Å². The topological polar surface area (TPSA) is 119 Å². The van der Waals surface area contributed by atoms with Crippen molar-refractivity contribution in [2.45, 2.75) is 64.5 Å². The van der Waals surface area contributed by atoms with Gasteiger partial charge < -0.3 is 15.2 Å². The van der Waals surface area contributed by atoms with Crippen LogP contribution in [0.4, 0.5) is 0 Å². The van der Waals surface area contributed by atoms with Gasteiger partial charge in [0.05, 0.1) is 12.5 Å². The van der Waals surface area contributed by atoms with Crippen LogP contribution in [0.3, 0.4) is 0 Å². The molecular weight excluding hydrogens is 316 g/mol. The summed E-state index contributed by atoms with van der Waals surface area (Å²) in [6.45, 7) is 7.56. The summed E-state index contributed by atoms with van der Waals surface area (Å²) in [4.78, 5) is 32.4. The lowest BCUT2D eigenvalue weighted by Crippen LogP contribution is -2.34. The van der Waals surface area contributed by atoms with Gasteiger partial charge in [-0.3, -0.25) is 19.7 Å². The van der Waals surface area contributed by atoms with Gasteiger partial charge in [-0.15, -0.1) is 0 Å². The number of aliphatic hydroxyl groups excluding tert-OH is 1. The van der Waals surface area contributed by atoms with E-state index in [1.54, 1.807) is 0 Å². The first-order valence-electron chi connectivity index (χ1n) is 8.22. The van der Waals surface area contributed by atoms with Crippen molar-refractivity contribution in [1.29, 1.82) is 0 Å². The molecule has 0 unspecified atom stereocenters. The monoisotopic (exact) mass is 344 g/mol. The van der Waals surface area contributed by atoms with Crippen molar-refractivity contribution >= 4 is 11.9 Å². The number of nitrogens with zero attached hydrogens (tertiary/aromatic N) is 1. The Bertz CT molecular complexity index is 489. The van der Waals surface area contributed by atoms with Gasteiger partial charge in [0.25, 0.3) is 0 Å². The van der Waals surface area contributed by atoms with E-state index in [4.69, 9.17) is 9.84 Å². The van der Waals surface area contributed by atoms with Gasteiger partial charge in [-0.1, -0.05) is 0 Å². The van der Waals surface area contributed by atoms with Crippen molar-refractivity contribution in [2.75, 3.05) is 13.2 Å². The molecule has 0 bridgehead atoms. The quantitative estimate of drug-likeness (QED) is 0.440. The van der Waals surface area contributed by atoms with Gasteiger partial charge in [-0.05, 0) is 33.1 Å². The molecule has 8 nitrogen and oxygen atoms in total. The molecule has 2 N–H and O–H groups in total. The first-order valence-corrected chi connectivity index (χ1v) is 8.22. The van der Waals surface area contributed by atoms with Crippen LogP contribution in [0.25, 0.3) is 0 Å². The highest BCUT2D eigenvalue weighted by atomic mass is 16.6. The van der Waals surface area contributed by atoms with Crippen LogP contribution >= 0.6 is 0 Å². The minimum atomic E-state index is -1.03. The van der Waals surface area contributed by atoms with Crippen LogP contribution < -0.4 is 5.32 Å². The van der Waals surface area contributed by atoms with Crippen LogP contribution in [0.2, 0.25) is 0 Å². The predicted octanol–water partition coefficient (Wildman–Crippen LogP) is 1.28. The Morgan fingerprint density at radius 3 is 2.38 bits per heavy atom. The first-order chi connectivity index (χ1) is 11.0. The number of nitrogens with one attached hydrogen (secondary N) is 1. The highest BCUT2D eigenvalue weighted by Crippen LogP contribution is 2.27. The summed E-state index contributed by atoms with van der Waals surface area (Å²) >= 11 is 0. The fourth-order valence-corrected chi connectivity index (χ4v) is 2.98. The molecule has 2 rings (SSSR count). The van der Waals surface area contributed by atoms with Crippen LogP contribution in [0.1, 0.15) is 53.4 Å². The molecule has 1 amide bonds. The second-order valence-electron chi connectivity index (χ2n) is 7.71. The molecule has 0 saturated carbocycles. The van der Waals surface area contributed by atoms with Crippen molar-refractivity contribution in [3.8, 4) is 0 Å². The van der Waals surface area contributed by atoms with E-state index in [0.717, 1.165) is 6.42 Å². The van der Waals surface area contributed by atoms with Gasteiger partial charge in [-0.2, -0.15) is 0 Å². The van der Waals surface area contributed by atoms with Crippen molar-refractivity contribution in [3.05, 3.63) is 10.1 Å². The molecule has 0 aromatic carbocycles. The molecule has 2 aliphatic heterocycles. The molecule has 0 aromatic heterocycles. The molecule has 8 heteroatoms. The van der Waals surface area contributed by atoms with Gasteiger partial charge in [0.1, 0.15) is 0 Å². The van der Waals surface area contributed by atoms with Crippen molar-refractivity contribution < 1.29 is 24.4 Å². The zero-order chi connectivity index (χ0) is 18.5. The van der Waals surface area contributed by atoms with E-state index in [1.807, 2.05) is 13.8 Å². The van der Waals surface area contributed by atoms with E-state index < -0.39 is 5.54 Å². The number of aliphatic hydroxyl groups is 1. The molecule has 2 aliphatic rings. The summed E-state index contributed by atoms with van der Waals surface area (Å²) in [5.41, 5.74) is -1.11. The molecule has 2 atom stereocenters. The molecule has 24 heavy (non-hydrogen) atoms. The normalized spacial score (nSPS) is 25.5. The van der Waals surface area contributed by atoms with Gasteiger partial charge in [0, 0.05) is 43.3 Å². The fraction of sp³-hybridized carbons (Fsp3) is 0.875. The Hall–Kier alpha value is -1.70. The number of ether oxygens (including phenoxy) is 1. The summed E-state index contributed by atoms with van der Waals surface area (Å²) < 4.78 is 4.73. The molecular formula is C16H28N2O6. The van der Waals surface area contributed by atoms with Crippen molar-refractivity contribution in [2.24, 2.45) is 11.8 Å². The number of rotatable bonds is 5.